The van der Waals surface area contributed by atoms with Crippen LogP contribution in [-0.4, -0.2) is 44.2 Å². The number of amides is 1. The maximum Gasteiger partial charge on any atom is 0.255 e. The van der Waals surface area contributed by atoms with E-state index in [0.717, 1.165) is 11.3 Å². The SMILES string of the molecule is Cc1cnc(Nc2ccc3c(c2)OCO3)nc1-n1cc(C(=O)N[C@H](CO)c2cccc(Cl)c2)cn1. The van der Waals surface area contributed by atoms with Gasteiger partial charge < -0.3 is 25.2 Å². The summed E-state index contributed by atoms with van der Waals surface area (Å²) in [6.07, 6.45) is 4.68. The summed E-state index contributed by atoms with van der Waals surface area (Å²) in [5.74, 6) is 1.80. The Bertz CT molecular complexity index is 1390. The summed E-state index contributed by atoms with van der Waals surface area (Å²) in [6.45, 7) is 1.76. The highest BCUT2D eigenvalue weighted by Gasteiger charge is 2.18. The molecule has 0 fully saturated rings. The number of ether oxygens (including phenoxy) is 2. The fraction of sp³-hybridized carbons (Fsp3) is 0.167. The first-order valence-electron chi connectivity index (χ1n) is 10.7. The van der Waals surface area contributed by atoms with E-state index in [0.29, 0.717) is 39.4 Å². The third-order valence-corrected chi connectivity index (χ3v) is 5.61. The van der Waals surface area contributed by atoms with Crippen LogP contribution < -0.4 is 20.1 Å². The van der Waals surface area contributed by atoms with Crippen molar-refractivity contribution in [3.63, 3.8) is 0 Å². The van der Waals surface area contributed by atoms with Gasteiger partial charge in [0.1, 0.15) is 0 Å². The molecule has 3 heterocycles. The number of fused-ring (bicyclic) bond motifs is 1. The monoisotopic (exact) mass is 492 g/mol. The average Bonchev–Trinajstić information content (AvgIpc) is 3.53. The Balaban J connectivity index is 1.33. The second kappa shape index (κ2) is 9.61. The van der Waals surface area contributed by atoms with Gasteiger partial charge in [0.25, 0.3) is 5.91 Å². The molecule has 5 rings (SSSR count). The lowest BCUT2D eigenvalue weighted by Crippen LogP contribution is -2.30. The molecular formula is C24H21ClN6O4. The zero-order chi connectivity index (χ0) is 24.4. The minimum atomic E-state index is -0.608. The molecule has 178 valence electrons. The van der Waals surface area contributed by atoms with Gasteiger partial charge in [0.15, 0.2) is 17.3 Å². The van der Waals surface area contributed by atoms with Crippen LogP contribution in [0, 0.1) is 6.92 Å². The minimum Gasteiger partial charge on any atom is -0.454 e. The number of halogens is 1. The van der Waals surface area contributed by atoms with Crippen molar-refractivity contribution in [1.82, 2.24) is 25.1 Å². The summed E-state index contributed by atoms with van der Waals surface area (Å²) in [6, 6.07) is 11.8. The van der Waals surface area contributed by atoms with E-state index in [1.807, 2.05) is 13.0 Å². The minimum absolute atomic E-state index is 0.192. The van der Waals surface area contributed by atoms with Gasteiger partial charge in [-0.15, -0.1) is 0 Å². The van der Waals surface area contributed by atoms with E-state index in [1.54, 1.807) is 48.8 Å². The molecule has 1 aliphatic heterocycles. The first-order valence-corrected chi connectivity index (χ1v) is 11.1. The smallest absolute Gasteiger partial charge is 0.255 e. The Kier molecular flexibility index (Phi) is 6.21. The molecule has 11 heteroatoms. The number of anilines is 2. The molecule has 1 atom stereocenters. The van der Waals surface area contributed by atoms with Crippen molar-refractivity contribution in [1.29, 1.82) is 0 Å². The number of nitrogens with one attached hydrogen (secondary N) is 2. The maximum atomic E-state index is 12.8. The van der Waals surface area contributed by atoms with E-state index in [-0.39, 0.29) is 19.3 Å². The van der Waals surface area contributed by atoms with Crippen LogP contribution in [0.25, 0.3) is 5.82 Å². The number of rotatable bonds is 7. The number of nitrogens with zero attached hydrogens (tertiary/aromatic N) is 4. The second-order valence-electron chi connectivity index (χ2n) is 7.83. The van der Waals surface area contributed by atoms with Crippen LogP contribution in [0.3, 0.4) is 0 Å². The number of aliphatic hydroxyl groups is 1. The number of carbonyl (C=O) groups excluding carboxylic acids is 1. The average molecular weight is 493 g/mol. The largest absolute Gasteiger partial charge is 0.454 e. The molecule has 35 heavy (non-hydrogen) atoms. The van der Waals surface area contributed by atoms with Crippen LogP contribution in [-0.2, 0) is 0 Å². The fourth-order valence-electron chi connectivity index (χ4n) is 3.58. The number of hydrogen-bond donors (Lipinski definition) is 3. The molecule has 2 aromatic carbocycles. The predicted octanol–water partition coefficient (Wildman–Crippen LogP) is 3.56. The van der Waals surface area contributed by atoms with Crippen LogP contribution in [0.4, 0.5) is 11.6 Å². The Morgan fingerprint density at radius 3 is 2.89 bits per heavy atom. The van der Waals surface area contributed by atoms with E-state index in [1.165, 1.54) is 10.9 Å². The molecule has 0 spiro atoms. The summed E-state index contributed by atoms with van der Waals surface area (Å²) in [5.41, 5.74) is 2.52. The third kappa shape index (κ3) is 4.88. The van der Waals surface area contributed by atoms with Crippen molar-refractivity contribution in [3.8, 4) is 17.3 Å². The molecular weight excluding hydrogens is 472 g/mol. The van der Waals surface area contributed by atoms with Crippen LogP contribution >= 0.6 is 11.6 Å². The first-order chi connectivity index (χ1) is 17.0. The summed E-state index contributed by atoms with van der Waals surface area (Å²) in [4.78, 5) is 21.7. The number of aryl methyl sites for hydroxylation is 1. The summed E-state index contributed by atoms with van der Waals surface area (Å²) >= 11 is 6.04. The van der Waals surface area contributed by atoms with Crippen LogP contribution in [0.2, 0.25) is 5.02 Å². The molecule has 1 amide bonds. The lowest BCUT2D eigenvalue weighted by atomic mass is 10.1. The Labute approximate surface area is 205 Å². The van der Waals surface area contributed by atoms with Crippen LogP contribution in [0.1, 0.15) is 27.5 Å². The molecule has 0 saturated carbocycles. The van der Waals surface area contributed by atoms with Gasteiger partial charge >= 0.3 is 0 Å². The summed E-state index contributed by atoms with van der Waals surface area (Å²) in [5, 5.41) is 20.5. The second-order valence-corrected chi connectivity index (χ2v) is 8.27. The highest BCUT2D eigenvalue weighted by atomic mass is 35.5. The molecule has 3 N–H and O–H groups in total. The summed E-state index contributed by atoms with van der Waals surface area (Å²) < 4.78 is 12.2. The van der Waals surface area contributed by atoms with Crippen molar-refractivity contribution in [3.05, 3.63) is 82.8 Å². The van der Waals surface area contributed by atoms with Crippen molar-refractivity contribution < 1.29 is 19.4 Å². The predicted molar refractivity (Wildman–Crippen MR) is 128 cm³/mol. The molecule has 2 aromatic heterocycles. The first kappa shape index (κ1) is 22.6. The fourth-order valence-corrected chi connectivity index (χ4v) is 3.78. The van der Waals surface area contributed by atoms with Crippen molar-refractivity contribution in [2.75, 3.05) is 18.7 Å². The number of carbonyl (C=O) groups is 1. The quantitative estimate of drug-likeness (QED) is 0.358. The van der Waals surface area contributed by atoms with Gasteiger partial charge in [-0.25, -0.2) is 9.67 Å². The number of aliphatic hydroxyl groups excluding tert-OH is 1. The van der Waals surface area contributed by atoms with Gasteiger partial charge in [-0.3, -0.25) is 4.79 Å². The van der Waals surface area contributed by atoms with Gasteiger partial charge in [0, 0.05) is 34.7 Å². The van der Waals surface area contributed by atoms with Gasteiger partial charge in [-0.1, -0.05) is 23.7 Å². The van der Waals surface area contributed by atoms with E-state index < -0.39 is 6.04 Å². The summed E-state index contributed by atoms with van der Waals surface area (Å²) in [7, 11) is 0. The molecule has 0 bridgehead atoms. The standard InChI is InChI=1S/C24H21ClN6O4/c1-14-9-26-24(28-18-5-6-20-21(8-18)35-13-34-20)30-22(14)31-11-16(10-27-31)23(33)29-19(12-32)15-3-2-4-17(25)7-15/h2-11,19,32H,12-13H2,1H3,(H,29,33)(H,26,28,30)/t19-/m1/s1. The number of hydrogen-bond acceptors (Lipinski definition) is 8. The third-order valence-electron chi connectivity index (χ3n) is 5.37. The molecule has 0 saturated heterocycles. The topological polar surface area (TPSA) is 123 Å². The molecule has 0 radical (unpaired) electrons. The normalized spacial score (nSPS) is 12.9. The van der Waals surface area contributed by atoms with Gasteiger partial charge in [-0.2, -0.15) is 10.1 Å². The Morgan fingerprint density at radius 2 is 2.06 bits per heavy atom. The van der Waals surface area contributed by atoms with Gasteiger partial charge in [-0.05, 0) is 36.8 Å². The highest BCUT2D eigenvalue weighted by Crippen LogP contribution is 2.34. The van der Waals surface area contributed by atoms with Crippen molar-refractivity contribution in [2.24, 2.45) is 0 Å². The molecule has 1 aliphatic rings. The molecule has 0 aliphatic carbocycles. The van der Waals surface area contributed by atoms with Crippen LogP contribution in [0.15, 0.2) is 61.1 Å². The van der Waals surface area contributed by atoms with E-state index in [9.17, 15) is 9.90 Å². The maximum absolute atomic E-state index is 12.8. The lowest BCUT2D eigenvalue weighted by molar-refractivity contribution is 0.0916. The van der Waals surface area contributed by atoms with E-state index in [2.05, 4.69) is 25.7 Å². The van der Waals surface area contributed by atoms with Crippen molar-refractivity contribution >= 4 is 29.1 Å². The number of benzene rings is 2. The molecule has 10 nitrogen and oxygen atoms in total. The van der Waals surface area contributed by atoms with Crippen LogP contribution in [0.5, 0.6) is 11.5 Å². The highest BCUT2D eigenvalue weighted by molar-refractivity contribution is 6.30. The Hall–Kier alpha value is -4.15. The zero-order valence-corrected chi connectivity index (χ0v) is 19.4. The van der Waals surface area contributed by atoms with Crippen molar-refractivity contribution in [2.45, 2.75) is 13.0 Å². The van der Waals surface area contributed by atoms with E-state index >= 15 is 0 Å². The van der Waals surface area contributed by atoms with E-state index in [4.69, 9.17) is 21.1 Å². The number of aromatic nitrogens is 4. The zero-order valence-electron chi connectivity index (χ0n) is 18.6. The molecule has 0 unspecified atom stereocenters. The molecule has 4 aromatic rings. The lowest BCUT2D eigenvalue weighted by Gasteiger charge is -2.16. The Morgan fingerprint density at radius 1 is 1.20 bits per heavy atom. The van der Waals surface area contributed by atoms with Gasteiger partial charge in [0.05, 0.1) is 24.4 Å². The van der Waals surface area contributed by atoms with Gasteiger partial charge in [0.2, 0.25) is 12.7 Å².